The van der Waals surface area contributed by atoms with Crippen molar-refractivity contribution in [2.45, 2.75) is 57.1 Å². The van der Waals surface area contributed by atoms with Gasteiger partial charge in [0.05, 0.1) is 0 Å². The van der Waals surface area contributed by atoms with E-state index in [1.165, 1.54) is 0 Å². The van der Waals surface area contributed by atoms with E-state index >= 15 is 0 Å². The Bertz CT molecular complexity index is 845. The van der Waals surface area contributed by atoms with Gasteiger partial charge in [0.15, 0.2) is 0 Å². The first kappa shape index (κ1) is 24.8. The van der Waals surface area contributed by atoms with Crippen LogP contribution in [0.2, 0.25) is 5.02 Å². The fraction of sp³-hybridized carbons (Fsp3) is 0.391. The average Bonchev–Trinajstić information content (AvgIpc) is 2.69. The molecule has 0 aliphatic carbocycles. The summed E-state index contributed by atoms with van der Waals surface area (Å²) in [6.07, 6.45) is 1.13. The molecule has 162 valence electrons. The van der Waals surface area contributed by atoms with E-state index in [1.807, 2.05) is 62.4 Å². The van der Waals surface area contributed by atoms with Gasteiger partial charge in [-0.05, 0) is 74.9 Å². The molecule has 30 heavy (non-hydrogen) atoms. The highest BCUT2D eigenvalue weighted by Crippen LogP contribution is 2.22. The molecule has 0 heterocycles. The van der Waals surface area contributed by atoms with Gasteiger partial charge in [-0.1, -0.05) is 39.7 Å². The molecule has 2 aromatic rings. The maximum atomic E-state index is 13.0. The van der Waals surface area contributed by atoms with Crippen LogP contribution in [-0.4, -0.2) is 34.6 Å². The predicted octanol–water partition coefficient (Wildman–Crippen LogP) is 5.92. The lowest BCUT2D eigenvalue weighted by Gasteiger charge is -2.29. The molecule has 0 aromatic heterocycles. The van der Waals surface area contributed by atoms with Gasteiger partial charge in [0.2, 0.25) is 11.8 Å². The topological polar surface area (TPSA) is 49.4 Å². The van der Waals surface area contributed by atoms with Crippen LogP contribution in [0.3, 0.4) is 0 Å². The first-order chi connectivity index (χ1) is 14.3. The molecular formula is C23H28BrClN2O2S. The van der Waals surface area contributed by atoms with E-state index in [-0.39, 0.29) is 17.9 Å². The zero-order valence-electron chi connectivity index (χ0n) is 17.5. The molecule has 0 unspecified atom stereocenters. The molecule has 2 rings (SSSR count). The second-order valence-electron chi connectivity index (χ2n) is 7.40. The average molecular weight is 512 g/mol. The number of nitrogens with one attached hydrogen (secondary N) is 1. The molecule has 0 fully saturated rings. The van der Waals surface area contributed by atoms with Crippen LogP contribution in [0.15, 0.2) is 57.9 Å². The van der Waals surface area contributed by atoms with Gasteiger partial charge in [0, 0.05) is 33.4 Å². The summed E-state index contributed by atoms with van der Waals surface area (Å²) >= 11 is 11.1. The number of amides is 2. The van der Waals surface area contributed by atoms with Gasteiger partial charge in [-0.2, -0.15) is 0 Å². The van der Waals surface area contributed by atoms with Crippen molar-refractivity contribution in [2.75, 3.05) is 5.75 Å². The van der Waals surface area contributed by atoms with Crippen LogP contribution < -0.4 is 5.32 Å². The lowest BCUT2D eigenvalue weighted by atomic mass is 10.1. The maximum absolute atomic E-state index is 13.0. The largest absolute Gasteiger partial charge is 0.352 e. The second kappa shape index (κ2) is 12.4. The van der Waals surface area contributed by atoms with Gasteiger partial charge < -0.3 is 10.2 Å². The van der Waals surface area contributed by atoms with Crippen molar-refractivity contribution in [1.29, 1.82) is 0 Å². The van der Waals surface area contributed by atoms with Crippen molar-refractivity contribution >= 4 is 51.1 Å². The molecule has 2 amide bonds. The summed E-state index contributed by atoms with van der Waals surface area (Å²) in [4.78, 5) is 28.4. The van der Waals surface area contributed by atoms with Crippen LogP contribution in [0.4, 0.5) is 0 Å². The van der Waals surface area contributed by atoms with Gasteiger partial charge in [-0.3, -0.25) is 9.59 Å². The molecule has 4 nitrogen and oxygen atoms in total. The number of nitrogens with zero attached hydrogens (tertiary/aromatic N) is 1. The lowest BCUT2D eigenvalue weighted by Crippen LogP contribution is -2.49. The number of benzene rings is 2. The Morgan fingerprint density at radius 3 is 2.47 bits per heavy atom. The molecule has 2 aromatic carbocycles. The summed E-state index contributed by atoms with van der Waals surface area (Å²) in [7, 11) is 0. The predicted molar refractivity (Wildman–Crippen MR) is 129 cm³/mol. The summed E-state index contributed by atoms with van der Waals surface area (Å²) in [5, 5.41) is 3.63. The molecule has 0 saturated carbocycles. The lowest BCUT2D eigenvalue weighted by molar-refractivity contribution is -0.140. The molecule has 7 heteroatoms. The molecular weight excluding hydrogens is 484 g/mol. The monoisotopic (exact) mass is 510 g/mol. The summed E-state index contributed by atoms with van der Waals surface area (Å²) in [6.45, 7) is 6.02. The number of carbonyl (C=O) groups excluding carboxylic acids is 2. The fourth-order valence-corrected chi connectivity index (χ4v) is 4.33. The van der Waals surface area contributed by atoms with Crippen molar-refractivity contribution in [3.05, 3.63) is 63.6 Å². The zero-order valence-corrected chi connectivity index (χ0v) is 20.7. The number of hydrogen-bond donors (Lipinski definition) is 1. The van der Waals surface area contributed by atoms with E-state index < -0.39 is 6.04 Å². The van der Waals surface area contributed by atoms with Crippen LogP contribution in [0, 0.1) is 0 Å². The standard InChI is InChI=1S/C23H28BrClN2O2S/c1-16(2)26-23(29)17(3)27(15-18-6-4-7-19(24)14-18)22(28)8-5-13-30-21-11-9-20(25)10-12-21/h4,6-7,9-12,14,16-17H,5,8,13,15H2,1-3H3,(H,26,29)/t17-/m0/s1. The van der Waals surface area contributed by atoms with Crippen molar-refractivity contribution in [2.24, 2.45) is 0 Å². The Kier molecular flexibility index (Phi) is 10.2. The molecule has 0 bridgehead atoms. The minimum absolute atomic E-state index is 0.0157. The third kappa shape index (κ3) is 8.32. The maximum Gasteiger partial charge on any atom is 0.242 e. The molecule has 1 atom stereocenters. The third-order valence-electron chi connectivity index (χ3n) is 4.46. The van der Waals surface area contributed by atoms with Crippen molar-refractivity contribution in [3.8, 4) is 0 Å². The van der Waals surface area contributed by atoms with Gasteiger partial charge in [0.1, 0.15) is 6.04 Å². The third-order valence-corrected chi connectivity index (χ3v) is 6.30. The Morgan fingerprint density at radius 1 is 1.13 bits per heavy atom. The summed E-state index contributed by atoms with van der Waals surface area (Å²) < 4.78 is 0.950. The van der Waals surface area contributed by atoms with Crippen molar-refractivity contribution < 1.29 is 9.59 Å². The number of halogens is 2. The molecule has 0 spiro atoms. The smallest absolute Gasteiger partial charge is 0.242 e. The highest BCUT2D eigenvalue weighted by atomic mass is 79.9. The zero-order chi connectivity index (χ0) is 22.1. The second-order valence-corrected chi connectivity index (χ2v) is 9.92. The number of thioether (sulfide) groups is 1. The Labute approximate surface area is 196 Å². The molecule has 0 radical (unpaired) electrons. The fourth-order valence-electron chi connectivity index (χ4n) is 2.91. The quantitative estimate of drug-likeness (QED) is 0.318. The highest BCUT2D eigenvalue weighted by molar-refractivity contribution is 9.10. The number of carbonyl (C=O) groups is 2. The van der Waals surface area contributed by atoms with Gasteiger partial charge in [0.25, 0.3) is 0 Å². The van der Waals surface area contributed by atoms with E-state index in [0.717, 1.165) is 27.1 Å². The van der Waals surface area contributed by atoms with Gasteiger partial charge in [-0.25, -0.2) is 0 Å². The van der Waals surface area contributed by atoms with Crippen LogP contribution >= 0.6 is 39.3 Å². The van der Waals surface area contributed by atoms with Crippen LogP contribution in [0.5, 0.6) is 0 Å². The molecule has 0 aliphatic rings. The Balaban J connectivity index is 1.99. The van der Waals surface area contributed by atoms with Crippen LogP contribution in [0.25, 0.3) is 0 Å². The summed E-state index contributed by atoms with van der Waals surface area (Å²) in [5.74, 6) is 0.673. The van der Waals surface area contributed by atoms with Crippen molar-refractivity contribution in [1.82, 2.24) is 10.2 Å². The van der Waals surface area contributed by atoms with Crippen molar-refractivity contribution in [3.63, 3.8) is 0 Å². The first-order valence-corrected chi connectivity index (χ1v) is 12.1. The van der Waals surface area contributed by atoms with Gasteiger partial charge >= 0.3 is 0 Å². The highest BCUT2D eigenvalue weighted by Gasteiger charge is 2.26. The summed E-state index contributed by atoms with van der Waals surface area (Å²) in [5.41, 5.74) is 0.984. The number of rotatable bonds is 10. The van der Waals surface area contributed by atoms with E-state index in [4.69, 9.17) is 11.6 Å². The Morgan fingerprint density at radius 2 is 1.83 bits per heavy atom. The van der Waals surface area contributed by atoms with E-state index in [1.54, 1.807) is 23.6 Å². The molecule has 0 aliphatic heterocycles. The van der Waals surface area contributed by atoms with Gasteiger partial charge in [-0.15, -0.1) is 11.8 Å². The molecule has 0 saturated heterocycles. The SMILES string of the molecule is CC(C)NC(=O)[C@H](C)N(Cc1cccc(Br)c1)C(=O)CCCSc1ccc(Cl)cc1. The minimum atomic E-state index is -0.539. The van der Waals surface area contributed by atoms with E-state index in [2.05, 4.69) is 21.2 Å². The molecule has 1 N–H and O–H groups in total. The summed E-state index contributed by atoms with van der Waals surface area (Å²) in [6, 6.07) is 15.0. The van der Waals surface area contributed by atoms with Crippen LogP contribution in [-0.2, 0) is 16.1 Å². The first-order valence-electron chi connectivity index (χ1n) is 9.99. The minimum Gasteiger partial charge on any atom is -0.352 e. The number of hydrogen-bond acceptors (Lipinski definition) is 3. The van der Waals surface area contributed by atoms with E-state index in [9.17, 15) is 9.59 Å². The Hall–Kier alpha value is -1.50. The van der Waals surface area contributed by atoms with E-state index in [0.29, 0.717) is 18.0 Å². The normalized spacial score (nSPS) is 11.9. The van der Waals surface area contributed by atoms with Crippen LogP contribution in [0.1, 0.15) is 39.2 Å².